The maximum atomic E-state index is 12.1. The van der Waals surface area contributed by atoms with Crippen LogP contribution in [0.2, 0.25) is 0 Å². The van der Waals surface area contributed by atoms with Gasteiger partial charge in [0.15, 0.2) is 5.11 Å². The number of anilines is 2. The Balaban J connectivity index is 2.27. The second-order valence-corrected chi connectivity index (χ2v) is 7.15. The van der Waals surface area contributed by atoms with Crippen LogP contribution in [0.3, 0.4) is 0 Å². The van der Waals surface area contributed by atoms with Crippen LogP contribution in [0, 0.1) is 24.0 Å². The van der Waals surface area contributed by atoms with Crippen molar-refractivity contribution in [3.63, 3.8) is 0 Å². The lowest BCUT2D eigenvalue weighted by Crippen LogP contribution is -2.20. The molecule has 9 heteroatoms. The van der Waals surface area contributed by atoms with Crippen molar-refractivity contribution in [1.82, 2.24) is 0 Å². The van der Waals surface area contributed by atoms with Gasteiger partial charge in [0, 0.05) is 22.7 Å². The number of esters is 1. The number of non-ortho nitro benzene ring substituents is 1. The number of rotatable bonds is 5. The summed E-state index contributed by atoms with van der Waals surface area (Å²) in [6.07, 6.45) is 0.693. The number of thiophene rings is 1. The largest absolute Gasteiger partial charge is 0.465 e. The van der Waals surface area contributed by atoms with Crippen LogP contribution in [0.25, 0.3) is 0 Å². The second-order valence-electron chi connectivity index (χ2n) is 5.52. The van der Waals surface area contributed by atoms with Gasteiger partial charge in [-0.05, 0) is 43.6 Å². The fourth-order valence-corrected chi connectivity index (χ4v) is 3.94. The van der Waals surface area contributed by atoms with E-state index in [2.05, 4.69) is 10.6 Å². The number of nitro groups is 1. The average molecular weight is 393 g/mol. The fraction of sp³-hybridized carbons (Fsp3) is 0.294. The highest BCUT2D eigenvalue weighted by atomic mass is 32.1. The Morgan fingerprint density at radius 3 is 2.62 bits per heavy atom. The molecule has 1 heterocycles. The molecule has 0 unspecified atom stereocenters. The Hall–Kier alpha value is -2.52. The van der Waals surface area contributed by atoms with Gasteiger partial charge in [-0.2, -0.15) is 0 Å². The molecule has 138 valence electrons. The number of hydrogen-bond acceptors (Lipinski definition) is 6. The minimum atomic E-state index is -0.466. The molecule has 0 aliphatic rings. The molecule has 1 aromatic carbocycles. The van der Waals surface area contributed by atoms with Gasteiger partial charge in [-0.1, -0.05) is 13.0 Å². The predicted molar refractivity (Wildman–Crippen MR) is 107 cm³/mol. The zero-order valence-corrected chi connectivity index (χ0v) is 16.5. The van der Waals surface area contributed by atoms with Crippen LogP contribution in [-0.4, -0.2) is 23.1 Å². The van der Waals surface area contributed by atoms with Crippen LogP contribution in [0.15, 0.2) is 18.2 Å². The van der Waals surface area contributed by atoms with Gasteiger partial charge in [0.2, 0.25) is 0 Å². The Kier molecular flexibility index (Phi) is 6.27. The highest BCUT2D eigenvalue weighted by Crippen LogP contribution is 2.34. The maximum absolute atomic E-state index is 12.1. The molecule has 0 radical (unpaired) electrons. The van der Waals surface area contributed by atoms with Crippen molar-refractivity contribution in [2.24, 2.45) is 0 Å². The third kappa shape index (κ3) is 4.17. The zero-order chi connectivity index (χ0) is 19.4. The molecule has 2 aromatic rings. The van der Waals surface area contributed by atoms with Crippen LogP contribution < -0.4 is 10.6 Å². The number of methoxy groups -OCH3 is 1. The highest BCUT2D eigenvalue weighted by Gasteiger charge is 2.22. The van der Waals surface area contributed by atoms with E-state index in [0.717, 1.165) is 16.0 Å². The first-order valence-electron chi connectivity index (χ1n) is 7.82. The van der Waals surface area contributed by atoms with Crippen LogP contribution in [0.1, 0.15) is 33.3 Å². The van der Waals surface area contributed by atoms with Crippen molar-refractivity contribution in [2.75, 3.05) is 17.7 Å². The van der Waals surface area contributed by atoms with Gasteiger partial charge in [0.1, 0.15) is 5.00 Å². The molecule has 26 heavy (non-hydrogen) atoms. The monoisotopic (exact) mass is 393 g/mol. The molecule has 0 spiro atoms. The second kappa shape index (κ2) is 8.24. The first-order chi connectivity index (χ1) is 12.3. The van der Waals surface area contributed by atoms with Gasteiger partial charge in [-0.25, -0.2) is 4.79 Å². The van der Waals surface area contributed by atoms with Crippen molar-refractivity contribution in [1.29, 1.82) is 0 Å². The summed E-state index contributed by atoms with van der Waals surface area (Å²) < 4.78 is 4.88. The molecule has 2 N–H and O–H groups in total. The third-order valence-electron chi connectivity index (χ3n) is 3.86. The fourth-order valence-electron chi connectivity index (χ4n) is 2.53. The lowest BCUT2D eigenvalue weighted by Gasteiger charge is -2.12. The molecule has 1 aromatic heterocycles. The van der Waals surface area contributed by atoms with Crippen molar-refractivity contribution in [3.8, 4) is 0 Å². The van der Waals surface area contributed by atoms with Gasteiger partial charge < -0.3 is 15.4 Å². The van der Waals surface area contributed by atoms with E-state index in [4.69, 9.17) is 17.0 Å². The predicted octanol–water partition coefficient (Wildman–Crippen LogP) is 4.43. The third-order valence-corrected chi connectivity index (χ3v) is 5.13. The van der Waals surface area contributed by atoms with Crippen LogP contribution in [0.5, 0.6) is 0 Å². The van der Waals surface area contributed by atoms with Crippen LogP contribution in [-0.2, 0) is 11.2 Å². The molecule has 0 saturated heterocycles. The molecular formula is C17H19N3O4S2. The van der Waals surface area contributed by atoms with Crippen molar-refractivity contribution in [2.45, 2.75) is 27.2 Å². The van der Waals surface area contributed by atoms with E-state index in [1.54, 1.807) is 6.07 Å². The summed E-state index contributed by atoms with van der Waals surface area (Å²) in [6.45, 7) is 5.72. The summed E-state index contributed by atoms with van der Waals surface area (Å²) in [5, 5.41) is 17.7. The number of carbonyl (C=O) groups excluding carboxylic acids is 1. The normalized spacial score (nSPS) is 10.3. The minimum absolute atomic E-state index is 0.0311. The van der Waals surface area contributed by atoms with E-state index in [9.17, 15) is 14.9 Å². The number of carbonyl (C=O) groups is 1. The Morgan fingerprint density at radius 2 is 2.04 bits per heavy atom. The number of nitrogens with one attached hydrogen (secondary N) is 2. The molecular weight excluding hydrogens is 374 g/mol. The Morgan fingerprint density at radius 1 is 1.35 bits per heavy atom. The SMILES string of the molecule is CCc1c(C)sc(NC(=S)Nc2cc([N+](=O)[O-])ccc2C)c1C(=O)OC. The number of hydrogen-bond donors (Lipinski definition) is 2. The van der Waals surface area contributed by atoms with Gasteiger partial charge >= 0.3 is 5.97 Å². The van der Waals surface area contributed by atoms with E-state index in [-0.39, 0.29) is 10.8 Å². The van der Waals surface area contributed by atoms with E-state index < -0.39 is 10.9 Å². The number of ether oxygens (including phenoxy) is 1. The lowest BCUT2D eigenvalue weighted by atomic mass is 10.1. The topological polar surface area (TPSA) is 93.5 Å². The lowest BCUT2D eigenvalue weighted by molar-refractivity contribution is -0.384. The maximum Gasteiger partial charge on any atom is 0.341 e. The number of nitro benzene ring substituents is 1. The summed E-state index contributed by atoms with van der Waals surface area (Å²) in [6, 6.07) is 4.50. The molecule has 0 aliphatic heterocycles. The van der Waals surface area contributed by atoms with Crippen LogP contribution in [0.4, 0.5) is 16.4 Å². The van der Waals surface area contributed by atoms with E-state index in [1.165, 1.54) is 30.6 Å². The molecule has 0 fully saturated rings. The molecule has 0 aliphatic carbocycles. The van der Waals surface area contributed by atoms with Gasteiger partial charge in [0.05, 0.1) is 17.6 Å². The van der Waals surface area contributed by atoms with Gasteiger partial charge in [-0.15, -0.1) is 11.3 Å². The zero-order valence-electron chi connectivity index (χ0n) is 14.8. The summed E-state index contributed by atoms with van der Waals surface area (Å²) in [7, 11) is 1.33. The number of nitrogens with zero attached hydrogens (tertiary/aromatic N) is 1. The summed E-state index contributed by atoms with van der Waals surface area (Å²) in [5.41, 5.74) is 2.69. The summed E-state index contributed by atoms with van der Waals surface area (Å²) >= 11 is 6.73. The van der Waals surface area contributed by atoms with Crippen molar-refractivity contribution in [3.05, 3.63) is 49.9 Å². The molecule has 7 nitrogen and oxygen atoms in total. The molecule has 0 atom stereocenters. The summed E-state index contributed by atoms with van der Waals surface area (Å²) in [5.74, 6) is -0.428. The first kappa shape index (κ1) is 19.8. The highest BCUT2D eigenvalue weighted by molar-refractivity contribution is 7.80. The number of thiocarbonyl (C=S) groups is 1. The van der Waals surface area contributed by atoms with Gasteiger partial charge in [0.25, 0.3) is 5.69 Å². The molecule has 0 bridgehead atoms. The van der Waals surface area contributed by atoms with Crippen molar-refractivity contribution < 1.29 is 14.5 Å². The van der Waals surface area contributed by atoms with E-state index in [1.807, 2.05) is 20.8 Å². The van der Waals surface area contributed by atoms with Crippen molar-refractivity contribution >= 4 is 51.0 Å². The Bertz CT molecular complexity index is 877. The van der Waals surface area contributed by atoms with Gasteiger partial charge in [-0.3, -0.25) is 10.1 Å². The smallest absolute Gasteiger partial charge is 0.341 e. The van der Waals surface area contributed by atoms with E-state index in [0.29, 0.717) is 22.7 Å². The number of aryl methyl sites for hydroxylation is 2. The molecule has 0 saturated carbocycles. The quantitative estimate of drug-likeness (QED) is 0.336. The molecule has 2 rings (SSSR count). The number of benzene rings is 1. The standard InChI is InChI=1S/C17H19N3O4S2/c1-5-12-10(3)26-15(14(12)16(21)24-4)19-17(25)18-13-8-11(20(22)23)7-6-9(13)2/h6-8H,5H2,1-4H3,(H2,18,19,25). The average Bonchev–Trinajstić information content (AvgIpc) is 2.90. The van der Waals surface area contributed by atoms with Crippen LogP contribution >= 0.6 is 23.6 Å². The summed E-state index contributed by atoms with van der Waals surface area (Å²) in [4.78, 5) is 23.6. The first-order valence-corrected chi connectivity index (χ1v) is 9.04. The Labute approximate surface area is 160 Å². The molecule has 0 amide bonds. The van der Waals surface area contributed by atoms with E-state index >= 15 is 0 Å². The minimum Gasteiger partial charge on any atom is -0.465 e.